The van der Waals surface area contributed by atoms with E-state index < -0.39 is 11.8 Å². The topological polar surface area (TPSA) is 79.0 Å². The lowest BCUT2D eigenvalue weighted by Gasteiger charge is -2.37. The van der Waals surface area contributed by atoms with Gasteiger partial charge < -0.3 is 24.9 Å². The number of para-hydroxylation sites is 1. The molecule has 0 spiro atoms. The van der Waals surface area contributed by atoms with Crippen LogP contribution in [0.25, 0.3) is 0 Å². The van der Waals surface area contributed by atoms with Gasteiger partial charge in [-0.3, -0.25) is 9.59 Å². The summed E-state index contributed by atoms with van der Waals surface area (Å²) in [5, 5.41) is 5.61. The van der Waals surface area contributed by atoms with Crippen molar-refractivity contribution < 1.29 is 23.3 Å². The van der Waals surface area contributed by atoms with Gasteiger partial charge in [0, 0.05) is 6.04 Å². The van der Waals surface area contributed by atoms with E-state index in [-0.39, 0.29) is 17.9 Å². The Morgan fingerprint density at radius 2 is 1.84 bits per heavy atom. The first-order valence-corrected chi connectivity index (χ1v) is 11.1. The maximum absolute atomic E-state index is 14.1. The van der Waals surface area contributed by atoms with Gasteiger partial charge in [-0.15, -0.1) is 0 Å². The number of furan rings is 1. The minimum absolute atomic E-state index is 0.108. The predicted molar refractivity (Wildman–Crippen MR) is 114 cm³/mol. The fourth-order valence-electron chi connectivity index (χ4n) is 4.62. The van der Waals surface area contributed by atoms with Crippen molar-refractivity contribution in [3.8, 4) is 0 Å². The molecule has 4 rings (SSSR count). The van der Waals surface area contributed by atoms with Crippen molar-refractivity contribution in [3.05, 3.63) is 54.2 Å². The first kappa shape index (κ1) is 21.4. The van der Waals surface area contributed by atoms with E-state index in [2.05, 4.69) is 10.6 Å². The summed E-state index contributed by atoms with van der Waals surface area (Å²) in [6, 6.07) is 10.5. The normalized spacial score (nSPS) is 18.7. The molecule has 0 bridgehead atoms. The van der Waals surface area contributed by atoms with E-state index >= 15 is 0 Å². The highest BCUT2D eigenvalue weighted by molar-refractivity contribution is 6.35. The number of quaternary nitrogens is 1. The SMILES string of the molecule is O=C(NC[C@H](c1ccco1)[NH+]1CCN(c2ccccc2F)CC1)C(=O)NC1CCCC1. The Bertz CT molecular complexity index is 875. The number of hydrogen-bond donors (Lipinski definition) is 3. The van der Waals surface area contributed by atoms with Gasteiger partial charge in [0.25, 0.3) is 0 Å². The average molecular weight is 430 g/mol. The number of carbonyl (C=O) groups excluding carboxylic acids is 2. The minimum Gasteiger partial charge on any atom is -0.463 e. The van der Waals surface area contributed by atoms with Gasteiger partial charge in [0.1, 0.15) is 5.82 Å². The van der Waals surface area contributed by atoms with E-state index in [9.17, 15) is 14.0 Å². The number of nitrogens with one attached hydrogen (secondary N) is 3. The molecule has 2 fully saturated rings. The first-order chi connectivity index (χ1) is 15.1. The lowest BCUT2D eigenvalue weighted by molar-refractivity contribution is -0.932. The molecule has 1 atom stereocenters. The van der Waals surface area contributed by atoms with E-state index in [0.29, 0.717) is 25.3 Å². The van der Waals surface area contributed by atoms with Gasteiger partial charge in [0.15, 0.2) is 11.8 Å². The van der Waals surface area contributed by atoms with Gasteiger partial charge in [0.05, 0.1) is 44.7 Å². The van der Waals surface area contributed by atoms with E-state index in [1.54, 1.807) is 18.4 Å². The Morgan fingerprint density at radius 1 is 1.10 bits per heavy atom. The molecule has 1 aromatic carbocycles. The van der Waals surface area contributed by atoms with Gasteiger partial charge in [-0.1, -0.05) is 25.0 Å². The zero-order chi connectivity index (χ0) is 21.6. The summed E-state index contributed by atoms with van der Waals surface area (Å²) in [5.41, 5.74) is 0.619. The van der Waals surface area contributed by atoms with Crippen molar-refractivity contribution in [2.45, 2.75) is 37.8 Å². The molecule has 2 amide bonds. The molecule has 2 heterocycles. The third-order valence-electron chi connectivity index (χ3n) is 6.34. The monoisotopic (exact) mass is 429 g/mol. The number of amides is 2. The van der Waals surface area contributed by atoms with Crippen molar-refractivity contribution in [2.24, 2.45) is 0 Å². The molecule has 0 unspecified atom stereocenters. The molecule has 7 nitrogen and oxygen atoms in total. The predicted octanol–water partition coefficient (Wildman–Crippen LogP) is 1.04. The molecule has 2 aliphatic rings. The smallest absolute Gasteiger partial charge is 0.309 e. The van der Waals surface area contributed by atoms with E-state index in [4.69, 9.17) is 4.42 Å². The van der Waals surface area contributed by atoms with Crippen LogP contribution >= 0.6 is 0 Å². The standard InChI is InChI=1S/C23H29FN4O3/c24-18-8-3-4-9-19(18)27-11-13-28(14-12-27)20(21-10-5-15-31-21)16-25-22(29)23(30)26-17-6-1-2-7-17/h3-5,8-10,15,17,20H,1-2,6-7,11-14,16H2,(H,25,29)(H,26,30)/p+1/t20-/m1/s1. The van der Waals surface area contributed by atoms with E-state index in [1.165, 1.54) is 11.0 Å². The van der Waals surface area contributed by atoms with Crippen molar-refractivity contribution in [3.63, 3.8) is 0 Å². The highest BCUT2D eigenvalue weighted by Crippen LogP contribution is 2.19. The molecule has 166 valence electrons. The Labute approximate surface area is 181 Å². The van der Waals surface area contributed by atoms with Crippen LogP contribution in [-0.2, 0) is 9.59 Å². The molecule has 1 aliphatic carbocycles. The summed E-state index contributed by atoms with van der Waals surface area (Å²) in [7, 11) is 0. The first-order valence-electron chi connectivity index (χ1n) is 11.1. The molecule has 1 aliphatic heterocycles. The highest BCUT2D eigenvalue weighted by atomic mass is 19.1. The van der Waals surface area contributed by atoms with Gasteiger partial charge >= 0.3 is 11.8 Å². The quantitative estimate of drug-likeness (QED) is 0.600. The largest absolute Gasteiger partial charge is 0.463 e. The summed E-state index contributed by atoms with van der Waals surface area (Å²) in [4.78, 5) is 27.8. The second-order valence-electron chi connectivity index (χ2n) is 8.33. The number of halogens is 1. The Balaban J connectivity index is 1.35. The third-order valence-corrected chi connectivity index (χ3v) is 6.34. The number of carbonyl (C=O) groups is 2. The molecule has 31 heavy (non-hydrogen) atoms. The van der Waals surface area contributed by atoms with Crippen LogP contribution in [0, 0.1) is 5.82 Å². The Kier molecular flexibility index (Phi) is 6.86. The van der Waals surface area contributed by atoms with Crippen LogP contribution in [0.1, 0.15) is 37.5 Å². The average Bonchev–Trinajstić information content (AvgIpc) is 3.49. The summed E-state index contributed by atoms with van der Waals surface area (Å²) in [6.07, 6.45) is 5.67. The number of benzene rings is 1. The van der Waals surface area contributed by atoms with Gasteiger partial charge in [0.2, 0.25) is 0 Å². The van der Waals surface area contributed by atoms with Crippen LogP contribution in [-0.4, -0.2) is 50.6 Å². The van der Waals surface area contributed by atoms with Crippen molar-refractivity contribution in [1.29, 1.82) is 0 Å². The molecule has 2 aromatic rings. The molecule has 1 saturated heterocycles. The lowest BCUT2D eigenvalue weighted by Crippen LogP contribution is -3.15. The zero-order valence-corrected chi connectivity index (χ0v) is 17.6. The molecule has 0 radical (unpaired) electrons. The van der Waals surface area contributed by atoms with Crippen LogP contribution in [0.2, 0.25) is 0 Å². The van der Waals surface area contributed by atoms with Crippen LogP contribution in [0.5, 0.6) is 0 Å². The summed E-state index contributed by atoms with van der Waals surface area (Å²) in [5.74, 6) is -0.614. The van der Waals surface area contributed by atoms with Crippen molar-refractivity contribution in [2.75, 3.05) is 37.6 Å². The number of hydrogen-bond acceptors (Lipinski definition) is 4. The van der Waals surface area contributed by atoms with Gasteiger partial charge in [-0.05, 0) is 37.1 Å². The van der Waals surface area contributed by atoms with E-state index in [1.807, 2.05) is 23.1 Å². The van der Waals surface area contributed by atoms with Crippen LogP contribution in [0.3, 0.4) is 0 Å². The fourth-order valence-corrected chi connectivity index (χ4v) is 4.62. The van der Waals surface area contributed by atoms with Crippen LogP contribution < -0.4 is 20.4 Å². The second-order valence-corrected chi connectivity index (χ2v) is 8.33. The highest BCUT2D eigenvalue weighted by Gasteiger charge is 2.32. The summed E-state index contributed by atoms with van der Waals surface area (Å²) < 4.78 is 19.8. The number of piperazine rings is 1. The molecule has 3 N–H and O–H groups in total. The minimum atomic E-state index is -0.604. The zero-order valence-electron chi connectivity index (χ0n) is 17.6. The molecule has 8 heteroatoms. The third kappa shape index (κ3) is 5.25. The second kappa shape index (κ2) is 9.96. The van der Waals surface area contributed by atoms with Gasteiger partial charge in [-0.2, -0.15) is 0 Å². The Morgan fingerprint density at radius 3 is 2.52 bits per heavy atom. The number of rotatable bonds is 6. The van der Waals surface area contributed by atoms with Crippen LogP contribution in [0.15, 0.2) is 47.1 Å². The molecular weight excluding hydrogens is 399 g/mol. The molecular formula is C23H30FN4O3+. The lowest BCUT2D eigenvalue weighted by atomic mass is 10.1. The van der Waals surface area contributed by atoms with Crippen molar-refractivity contribution >= 4 is 17.5 Å². The summed E-state index contributed by atoms with van der Waals surface area (Å²) in [6.45, 7) is 3.24. The maximum atomic E-state index is 14.1. The number of anilines is 1. The van der Waals surface area contributed by atoms with Crippen LogP contribution in [0.4, 0.5) is 10.1 Å². The van der Waals surface area contributed by atoms with E-state index in [0.717, 1.165) is 44.5 Å². The van der Waals surface area contributed by atoms with Gasteiger partial charge in [-0.25, -0.2) is 4.39 Å². The molecule has 1 aromatic heterocycles. The number of nitrogens with zero attached hydrogens (tertiary/aromatic N) is 1. The summed E-state index contributed by atoms with van der Waals surface area (Å²) >= 11 is 0. The maximum Gasteiger partial charge on any atom is 0.309 e. The Hall–Kier alpha value is -2.87. The fraction of sp³-hybridized carbons (Fsp3) is 0.478. The van der Waals surface area contributed by atoms with Crippen molar-refractivity contribution in [1.82, 2.24) is 10.6 Å². The molecule has 1 saturated carbocycles.